The van der Waals surface area contributed by atoms with Gasteiger partial charge in [-0.25, -0.2) is 9.78 Å². The Morgan fingerprint density at radius 1 is 1.06 bits per heavy atom. The number of halogens is 2. The standard InChI is InChI=1S/C26H17Cl2NO3S/c27-16-8-10-18(21(28)13-16)23(30)14-32-26(31)24-19-5-1-2-6-22(19)29-25-15(7-9-20(24)25)12-17-4-3-11-33-17/h1-6,8,10-13H,7,9,14H2/b15-12+. The number of esters is 1. The molecule has 0 N–H and O–H groups in total. The van der Waals surface area contributed by atoms with E-state index in [0.717, 1.165) is 33.5 Å². The molecule has 0 unspecified atom stereocenters. The predicted octanol–water partition coefficient (Wildman–Crippen LogP) is 7.13. The minimum atomic E-state index is -0.541. The van der Waals surface area contributed by atoms with Crippen LogP contribution >= 0.6 is 34.5 Å². The molecule has 0 radical (unpaired) electrons. The number of fused-ring (bicyclic) bond motifs is 2. The summed E-state index contributed by atoms with van der Waals surface area (Å²) in [5, 5.41) is 3.40. The van der Waals surface area contributed by atoms with E-state index >= 15 is 0 Å². The lowest BCUT2D eigenvalue weighted by atomic mass is 10.0. The minimum Gasteiger partial charge on any atom is -0.454 e. The molecule has 4 aromatic rings. The number of nitrogens with zero attached hydrogens (tertiary/aromatic N) is 1. The molecule has 7 heteroatoms. The molecule has 1 aliphatic rings. The van der Waals surface area contributed by atoms with Gasteiger partial charge in [-0.3, -0.25) is 4.79 Å². The molecule has 33 heavy (non-hydrogen) atoms. The summed E-state index contributed by atoms with van der Waals surface area (Å²) in [5.41, 5.74) is 4.23. The fourth-order valence-corrected chi connectivity index (χ4v) is 5.25. The SMILES string of the molecule is O=C(COC(=O)c1c2c(nc3ccccc13)/C(=C/c1cccs1)CC2)c1ccc(Cl)cc1Cl. The summed E-state index contributed by atoms with van der Waals surface area (Å²) in [6.07, 6.45) is 3.60. The lowest BCUT2D eigenvalue weighted by molar-refractivity contribution is 0.0475. The molecule has 164 valence electrons. The van der Waals surface area contributed by atoms with Crippen molar-refractivity contribution < 1.29 is 14.3 Å². The first kappa shape index (κ1) is 21.8. The third-order valence-electron chi connectivity index (χ3n) is 5.57. The zero-order valence-corrected chi connectivity index (χ0v) is 19.6. The average molecular weight is 494 g/mol. The maximum atomic E-state index is 13.2. The highest BCUT2D eigenvalue weighted by Crippen LogP contribution is 2.38. The van der Waals surface area contributed by atoms with Gasteiger partial charge in [-0.15, -0.1) is 11.3 Å². The van der Waals surface area contributed by atoms with Gasteiger partial charge in [-0.2, -0.15) is 0 Å². The summed E-state index contributed by atoms with van der Waals surface area (Å²) >= 11 is 13.7. The second kappa shape index (κ2) is 9.10. The number of hydrogen-bond acceptors (Lipinski definition) is 5. The van der Waals surface area contributed by atoms with Gasteiger partial charge in [0.25, 0.3) is 0 Å². The molecule has 0 amide bonds. The van der Waals surface area contributed by atoms with Crippen LogP contribution in [0.3, 0.4) is 0 Å². The quantitative estimate of drug-likeness (QED) is 0.219. The number of aromatic nitrogens is 1. The van der Waals surface area contributed by atoms with Gasteiger partial charge in [0.1, 0.15) is 0 Å². The highest BCUT2D eigenvalue weighted by Gasteiger charge is 2.28. The smallest absolute Gasteiger partial charge is 0.339 e. The van der Waals surface area contributed by atoms with Crippen LogP contribution in [0.15, 0.2) is 60.0 Å². The van der Waals surface area contributed by atoms with Gasteiger partial charge in [0, 0.05) is 20.8 Å². The highest BCUT2D eigenvalue weighted by molar-refractivity contribution is 7.10. The molecule has 0 aliphatic heterocycles. The van der Waals surface area contributed by atoms with Crippen LogP contribution < -0.4 is 0 Å². The molecule has 1 aliphatic carbocycles. The summed E-state index contributed by atoms with van der Waals surface area (Å²) in [4.78, 5) is 31.9. The van der Waals surface area contributed by atoms with E-state index in [0.29, 0.717) is 22.5 Å². The molecule has 0 saturated carbocycles. The highest BCUT2D eigenvalue weighted by atomic mass is 35.5. The first-order valence-electron chi connectivity index (χ1n) is 10.3. The summed E-state index contributed by atoms with van der Waals surface area (Å²) in [6, 6.07) is 16.2. The molecule has 5 rings (SSSR count). The van der Waals surface area contributed by atoms with Crippen molar-refractivity contribution in [2.24, 2.45) is 0 Å². The Hall–Kier alpha value is -2.99. The largest absolute Gasteiger partial charge is 0.454 e. The summed E-state index contributed by atoms with van der Waals surface area (Å²) < 4.78 is 5.48. The van der Waals surface area contributed by atoms with Crippen molar-refractivity contribution in [2.75, 3.05) is 6.61 Å². The molecule has 2 aromatic heterocycles. The number of pyridine rings is 1. The molecule has 0 atom stereocenters. The van der Waals surface area contributed by atoms with E-state index in [1.54, 1.807) is 17.4 Å². The number of Topliss-reactive ketones (excluding diaryl/α,β-unsaturated/α-hetero) is 1. The molecule has 0 fully saturated rings. The fourth-order valence-electron chi connectivity index (χ4n) is 4.05. The number of rotatable bonds is 5. The monoisotopic (exact) mass is 493 g/mol. The predicted molar refractivity (Wildman–Crippen MR) is 133 cm³/mol. The zero-order valence-electron chi connectivity index (χ0n) is 17.3. The van der Waals surface area contributed by atoms with Crippen molar-refractivity contribution in [3.63, 3.8) is 0 Å². The zero-order chi connectivity index (χ0) is 22.9. The van der Waals surface area contributed by atoms with Crippen molar-refractivity contribution in [1.82, 2.24) is 4.98 Å². The molecule has 0 spiro atoms. The van der Waals surface area contributed by atoms with Crippen molar-refractivity contribution in [3.8, 4) is 0 Å². The lowest BCUT2D eigenvalue weighted by Crippen LogP contribution is -2.16. The van der Waals surface area contributed by atoms with Crippen molar-refractivity contribution >= 4 is 68.8 Å². The first-order valence-corrected chi connectivity index (χ1v) is 12.0. The Kier molecular flexibility index (Phi) is 6.02. The van der Waals surface area contributed by atoms with E-state index in [1.165, 1.54) is 12.1 Å². The Bertz CT molecular complexity index is 1430. The van der Waals surface area contributed by atoms with E-state index in [4.69, 9.17) is 32.9 Å². The van der Waals surface area contributed by atoms with Gasteiger partial charge in [-0.05, 0) is 65.8 Å². The van der Waals surface area contributed by atoms with Crippen LogP contribution in [-0.4, -0.2) is 23.3 Å². The third-order valence-corrected chi connectivity index (χ3v) is 6.94. The van der Waals surface area contributed by atoms with Crippen LogP contribution in [0.4, 0.5) is 0 Å². The van der Waals surface area contributed by atoms with Gasteiger partial charge in [-0.1, -0.05) is 47.5 Å². The number of para-hydroxylation sites is 1. The number of benzene rings is 2. The topological polar surface area (TPSA) is 56.3 Å². The fraction of sp³-hybridized carbons (Fsp3) is 0.115. The second-order valence-corrected chi connectivity index (χ2v) is 9.46. The molecule has 2 aromatic carbocycles. The average Bonchev–Trinajstić information content (AvgIpc) is 3.46. The molecule has 4 nitrogen and oxygen atoms in total. The van der Waals surface area contributed by atoms with E-state index < -0.39 is 18.4 Å². The number of ether oxygens (including phenoxy) is 1. The number of ketones is 1. The van der Waals surface area contributed by atoms with Gasteiger partial charge in [0.2, 0.25) is 5.78 Å². The molecular formula is C26H17Cl2NO3S. The van der Waals surface area contributed by atoms with Gasteiger partial charge < -0.3 is 4.74 Å². The molecule has 0 bridgehead atoms. The van der Waals surface area contributed by atoms with Gasteiger partial charge >= 0.3 is 5.97 Å². The van der Waals surface area contributed by atoms with Crippen LogP contribution in [0, 0.1) is 0 Å². The Labute approximate surface area is 204 Å². The first-order chi connectivity index (χ1) is 16.0. The van der Waals surface area contributed by atoms with Crippen LogP contribution in [0.2, 0.25) is 10.0 Å². The maximum absolute atomic E-state index is 13.2. The van der Waals surface area contributed by atoms with E-state index in [2.05, 4.69) is 12.1 Å². The summed E-state index contributed by atoms with van der Waals surface area (Å²) in [7, 11) is 0. The van der Waals surface area contributed by atoms with Crippen LogP contribution in [0.25, 0.3) is 22.6 Å². The normalized spacial score (nSPS) is 13.9. The number of carbonyl (C=O) groups excluding carboxylic acids is 2. The van der Waals surface area contributed by atoms with Gasteiger partial charge in [0.05, 0.1) is 21.8 Å². The lowest BCUT2D eigenvalue weighted by Gasteiger charge is -2.12. The van der Waals surface area contributed by atoms with Crippen LogP contribution in [-0.2, 0) is 11.2 Å². The van der Waals surface area contributed by atoms with Crippen molar-refractivity contribution in [1.29, 1.82) is 0 Å². The number of hydrogen-bond donors (Lipinski definition) is 0. The Morgan fingerprint density at radius 2 is 1.91 bits per heavy atom. The van der Waals surface area contributed by atoms with E-state index in [-0.39, 0.29) is 10.6 Å². The molecule has 2 heterocycles. The molecule has 0 saturated heterocycles. The summed E-state index contributed by atoms with van der Waals surface area (Å²) in [6.45, 7) is -0.413. The minimum absolute atomic E-state index is 0.224. The second-order valence-electron chi connectivity index (χ2n) is 7.64. The van der Waals surface area contributed by atoms with E-state index in [1.807, 2.05) is 35.7 Å². The number of thiophene rings is 1. The van der Waals surface area contributed by atoms with Crippen molar-refractivity contribution in [3.05, 3.63) is 97.3 Å². The van der Waals surface area contributed by atoms with Crippen LogP contribution in [0.5, 0.6) is 0 Å². The Balaban J connectivity index is 1.49. The Morgan fingerprint density at radius 3 is 2.70 bits per heavy atom. The van der Waals surface area contributed by atoms with Crippen molar-refractivity contribution in [2.45, 2.75) is 12.8 Å². The third kappa shape index (κ3) is 4.32. The number of allylic oxidation sites excluding steroid dienone is 1. The van der Waals surface area contributed by atoms with Crippen LogP contribution in [0.1, 0.15) is 43.3 Å². The van der Waals surface area contributed by atoms with Gasteiger partial charge in [0.15, 0.2) is 6.61 Å². The summed E-state index contributed by atoms with van der Waals surface area (Å²) in [5.74, 6) is -0.932. The van der Waals surface area contributed by atoms with E-state index in [9.17, 15) is 9.59 Å². The number of carbonyl (C=O) groups is 2. The maximum Gasteiger partial charge on any atom is 0.339 e. The molecular weight excluding hydrogens is 477 g/mol.